The van der Waals surface area contributed by atoms with Gasteiger partial charge in [0.05, 0.1) is 6.54 Å². The number of amides is 2. The lowest BCUT2D eigenvalue weighted by atomic mass is 10.2. The highest BCUT2D eigenvalue weighted by Crippen LogP contribution is 2.07. The molecule has 2 rings (SSSR count). The largest absolute Gasteiger partial charge is 0.481 e. The molecule has 2 N–H and O–H groups in total. The van der Waals surface area contributed by atoms with E-state index in [2.05, 4.69) is 5.32 Å². The van der Waals surface area contributed by atoms with Gasteiger partial charge < -0.3 is 15.3 Å². The summed E-state index contributed by atoms with van der Waals surface area (Å²) in [5.74, 6) is -2.35. The zero-order chi connectivity index (χ0) is 19.6. The molecule has 0 bridgehead atoms. The fourth-order valence-electron chi connectivity index (χ4n) is 2.52. The molecule has 7 heteroatoms. The van der Waals surface area contributed by atoms with E-state index in [1.54, 1.807) is 0 Å². The van der Waals surface area contributed by atoms with Gasteiger partial charge >= 0.3 is 5.97 Å². The Bertz CT molecular complexity index is 796. The molecule has 6 nitrogen and oxygen atoms in total. The molecule has 0 radical (unpaired) electrons. The number of carboxylic acids is 1. The van der Waals surface area contributed by atoms with Crippen molar-refractivity contribution in [1.82, 2.24) is 10.2 Å². The van der Waals surface area contributed by atoms with E-state index in [1.807, 2.05) is 30.3 Å². The van der Waals surface area contributed by atoms with Crippen LogP contribution in [0.3, 0.4) is 0 Å². The fraction of sp³-hybridized carbons (Fsp3) is 0.250. The van der Waals surface area contributed by atoms with Crippen LogP contribution in [-0.4, -0.2) is 40.9 Å². The Morgan fingerprint density at radius 3 is 2.44 bits per heavy atom. The molecule has 0 aliphatic rings. The number of halogens is 1. The standard InChI is InChI=1S/C20H21FN2O4/c21-17-9-4-8-16(12-17)20(27)22-13-18(24)23(11-5-10-19(25)26)14-15-6-2-1-3-7-15/h1-4,6-9,12H,5,10-11,13-14H2,(H,22,27)(H,25,26). The van der Waals surface area contributed by atoms with E-state index in [4.69, 9.17) is 5.11 Å². The van der Waals surface area contributed by atoms with Crippen LogP contribution in [0.5, 0.6) is 0 Å². The van der Waals surface area contributed by atoms with Crippen molar-refractivity contribution in [2.24, 2.45) is 0 Å². The first-order chi connectivity index (χ1) is 13.0. The zero-order valence-corrected chi connectivity index (χ0v) is 14.7. The van der Waals surface area contributed by atoms with Crippen molar-refractivity contribution in [3.8, 4) is 0 Å². The zero-order valence-electron chi connectivity index (χ0n) is 14.7. The van der Waals surface area contributed by atoms with Gasteiger partial charge in [0.15, 0.2) is 0 Å². The smallest absolute Gasteiger partial charge is 0.303 e. The third kappa shape index (κ3) is 6.89. The Balaban J connectivity index is 1.97. The molecule has 0 saturated heterocycles. The number of rotatable bonds is 9. The van der Waals surface area contributed by atoms with Crippen molar-refractivity contribution in [3.05, 3.63) is 71.5 Å². The number of nitrogens with one attached hydrogen (secondary N) is 1. The first kappa shape index (κ1) is 20.1. The van der Waals surface area contributed by atoms with Gasteiger partial charge in [-0.15, -0.1) is 0 Å². The predicted molar refractivity (Wildman–Crippen MR) is 97.5 cm³/mol. The molecular formula is C20H21FN2O4. The highest BCUT2D eigenvalue weighted by Gasteiger charge is 2.16. The Morgan fingerprint density at radius 2 is 1.78 bits per heavy atom. The Kier molecular flexibility index (Phi) is 7.49. The van der Waals surface area contributed by atoms with Crippen LogP contribution in [0.1, 0.15) is 28.8 Å². The first-order valence-electron chi connectivity index (χ1n) is 8.53. The molecule has 0 saturated carbocycles. The summed E-state index contributed by atoms with van der Waals surface area (Å²) < 4.78 is 13.2. The fourth-order valence-corrected chi connectivity index (χ4v) is 2.52. The summed E-state index contributed by atoms with van der Waals surface area (Å²) in [5.41, 5.74) is 1.03. The predicted octanol–water partition coefficient (Wildman–Crippen LogP) is 2.45. The summed E-state index contributed by atoms with van der Waals surface area (Å²) in [4.78, 5) is 36.8. The summed E-state index contributed by atoms with van der Waals surface area (Å²) in [6.45, 7) is 0.320. The van der Waals surface area contributed by atoms with E-state index in [0.29, 0.717) is 13.0 Å². The lowest BCUT2D eigenvalue weighted by Crippen LogP contribution is -2.40. The number of carbonyl (C=O) groups is 3. The Morgan fingerprint density at radius 1 is 1.04 bits per heavy atom. The van der Waals surface area contributed by atoms with E-state index in [-0.39, 0.29) is 31.0 Å². The van der Waals surface area contributed by atoms with Crippen LogP contribution in [0.2, 0.25) is 0 Å². The van der Waals surface area contributed by atoms with E-state index in [9.17, 15) is 18.8 Å². The van der Waals surface area contributed by atoms with Gasteiger partial charge in [0.1, 0.15) is 5.82 Å². The molecule has 27 heavy (non-hydrogen) atoms. The van der Waals surface area contributed by atoms with Crippen LogP contribution in [-0.2, 0) is 16.1 Å². The van der Waals surface area contributed by atoms with E-state index in [1.165, 1.54) is 23.1 Å². The maximum Gasteiger partial charge on any atom is 0.303 e. The van der Waals surface area contributed by atoms with Crippen molar-refractivity contribution in [3.63, 3.8) is 0 Å². The van der Waals surface area contributed by atoms with E-state index < -0.39 is 17.7 Å². The van der Waals surface area contributed by atoms with Crippen molar-refractivity contribution in [2.75, 3.05) is 13.1 Å². The third-order valence-corrected chi connectivity index (χ3v) is 3.87. The summed E-state index contributed by atoms with van der Waals surface area (Å²) in [7, 11) is 0. The minimum absolute atomic E-state index is 0.0474. The van der Waals surface area contributed by atoms with Crippen LogP contribution >= 0.6 is 0 Å². The van der Waals surface area contributed by atoms with Gasteiger partial charge in [0.25, 0.3) is 5.91 Å². The molecule has 0 unspecified atom stereocenters. The van der Waals surface area contributed by atoms with E-state index >= 15 is 0 Å². The van der Waals surface area contributed by atoms with Gasteiger partial charge in [0, 0.05) is 25.1 Å². The van der Waals surface area contributed by atoms with Crippen LogP contribution < -0.4 is 5.32 Å². The molecular weight excluding hydrogens is 351 g/mol. The number of carbonyl (C=O) groups excluding carboxylic acids is 2. The third-order valence-electron chi connectivity index (χ3n) is 3.87. The molecule has 0 heterocycles. The minimum atomic E-state index is -0.929. The average molecular weight is 372 g/mol. The normalized spacial score (nSPS) is 10.3. The Hall–Kier alpha value is -3.22. The SMILES string of the molecule is O=C(O)CCCN(Cc1ccccc1)C(=O)CNC(=O)c1cccc(F)c1. The van der Waals surface area contributed by atoms with Gasteiger partial charge in [-0.2, -0.15) is 0 Å². The van der Waals surface area contributed by atoms with Gasteiger partial charge in [-0.25, -0.2) is 4.39 Å². The molecule has 0 fully saturated rings. The summed E-state index contributed by atoms with van der Waals surface area (Å²) in [6, 6.07) is 14.5. The monoisotopic (exact) mass is 372 g/mol. The minimum Gasteiger partial charge on any atom is -0.481 e. The van der Waals surface area contributed by atoms with Gasteiger partial charge in [-0.1, -0.05) is 36.4 Å². The number of nitrogens with zero attached hydrogens (tertiary/aromatic N) is 1. The van der Waals surface area contributed by atoms with Crippen LogP contribution in [0.4, 0.5) is 4.39 Å². The number of aliphatic carboxylic acids is 1. The number of carboxylic acid groups (broad SMARTS) is 1. The van der Waals surface area contributed by atoms with Crippen molar-refractivity contribution in [1.29, 1.82) is 0 Å². The lowest BCUT2D eigenvalue weighted by Gasteiger charge is -2.23. The summed E-state index contributed by atoms with van der Waals surface area (Å²) in [6.07, 6.45) is 0.264. The second kappa shape index (κ2) is 10.1. The molecule has 2 amide bonds. The van der Waals surface area contributed by atoms with Crippen molar-refractivity contribution >= 4 is 17.8 Å². The molecule has 0 aliphatic carbocycles. The molecule has 0 atom stereocenters. The second-order valence-electron chi connectivity index (χ2n) is 5.99. The lowest BCUT2D eigenvalue weighted by molar-refractivity contribution is -0.138. The van der Waals surface area contributed by atoms with Crippen LogP contribution in [0.25, 0.3) is 0 Å². The quantitative estimate of drug-likeness (QED) is 0.708. The summed E-state index contributed by atoms with van der Waals surface area (Å²) >= 11 is 0. The molecule has 142 valence electrons. The maximum absolute atomic E-state index is 13.2. The highest BCUT2D eigenvalue weighted by atomic mass is 19.1. The second-order valence-corrected chi connectivity index (χ2v) is 5.99. The van der Waals surface area contributed by atoms with Gasteiger partial charge in [0.2, 0.25) is 5.91 Å². The molecule has 2 aromatic carbocycles. The topological polar surface area (TPSA) is 86.7 Å². The van der Waals surface area contributed by atoms with Gasteiger partial charge in [-0.3, -0.25) is 14.4 Å². The number of hydrogen-bond donors (Lipinski definition) is 2. The molecule has 0 aromatic heterocycles. The van der Waals surface area contributed by atoms with Gasteiger partial charge in [-0.05, 0) is 30.2 Å². The first-order valence-corrected chi connectivity index (χ1v) is 8.53. The average Bonchev–Trinajstić information content (AvgIpc) is 2.65. The molecule has 0 aliphatic heterocycles. The van der Waals surface area contributed by atoms with E-state index in [0.717, 1.165) is 11.6 Å². The Labute approximate surface area is 156 Å². The summed E-state index contributed by atoms with van der Waals surface area (Å²) in [5, 5.41) is 11.3. The number of benzene rings is 2. The van der Waals surface area contributed by atoms with Crippen LogP contribution in [0.15, 0.2) is 54.6 Å². The highest BCUT2D eigenvalue weighted by molar-refractivity contribution is 5.96. The molecule has 0 spiro atoms. The van der Waals surface area contributed by atoms with Crippen molar-refractivity contribution < 1.29 is 23.9 Å². The number of hydrogen-bond acceptors (Lipinski definition) is 3. The van der Waals surface area contributed by atoms with Crippen LogP contribution in [0, 0.1) is 5.82 Å². The maximum atomic E-state index is 13.2. The van der Waals surface area contributed by atoms with Crippen molar-refractivity contribution in [2.45, 2.75) is 19.4 Å². The molecule has 2 aromatic rings.